The first-order chi connectivity index (χ1) is 17.7. The van der Waals surface area contributed by atoms with Crippen molar-refractivity contribution in [3.05, 3.63) is 95.1 Å². The number of hydrogen-bond acceptors (Lipinski definition) is 2. The van der Waals surface area contributed by atoms with Crippen LogP contribution in [0.3, 0.4) is 0 Å². The van der Waals surface area contributed by atoms with Crippen molar-refractivity contribution < 1.29 is 53.4 Å². The Morgan fingerprint density at radius 3 is 1.82 bits per heavy atom. The fraction of sp³-hybridized carbons (Fsp3) is 0.231. The lowest BCUT2D eigenvalue weighted by molar-refractivity contribution is -0.189. The van der Waals surface area contributed by atoms with E-state index in [0.717, 1.165) is 24.8 Å². The number of ether oxygens (including phenoxy) is 2. The smallest absolute Gasteiger partial charge is 0.429 e. The normalized spacial score (nSPS) is 11.9. The molecule has 3 aromatic carbocycles. The Morgan fingerprint density at radius 1 is 0.763 bits per heavy atom. The van der Waals surface area contributed by atoms with Gasteiger partial charge in [0.05, 0.1) is 6.08 Å². The molecule has 0 aromatic heterocycles. The van der Waals surface area contributed by atoms with Crippen molar-refractivity contribution in [2.24, 2.45) is 0 Å². The van der Waals surface area contributed by atoms with Crippen LogP contribution in [0.2, 0.25) is 0 Å². The number of hydrogen-bond donors (Lipinski definition) is 0. The molecule has 0 saturated carbocycles. The Bertz CT molecular complexity index is 1270. The van der Waals surface area contributed by atoms with Crippen molar-refractivity contribution in [2.45, 2.75) is 38.4 Å². The largest absolute Gasteiger partial charge is 0.432 e. The molecule has 0 radical (unpaired) electrons. The fourth-order valence-electron chi connectivity index (χ4n) is 3.45. The molecule has 3 rings (SSSR count). The van der Waals surface area contributed by atoms with Gasteiger partial charge in [0.2, 0.25) is 0 Å². The molecule has 0 saturated heterocycles. The van der Waals surface area contributed by atoms with Gasteiger partial charge in [0.25, 0.3) is 6.08 Å². The maximum atomic E-state index is 14.7. The molecule has 0 atom stereocenters. The van der Waals surface area contributed by atoms with Crippen LogP contribution in [0.5, 0.6) is 11.5 Å². The van der Waals surface area contributed by atoms with Gasteiger partial charge in [-0.3, -0.25) is 0 Å². The molecule has 0 spiro atoms. The number of rotatable bonds is 10. The van der Waals surface area contributed by atoms with Crippen LogP contribution in [0.4, 0.5) is 43.9 Å². The number of halogens is 10. The Morgan fingerprint density at radius 2 is 1.32 bits per heavy atom. The van der Waals surface area contributed by atoms with Gasteiger partial charge in [-0.2, -0.15) is 26.3 Å². The number of aryl methyl sites for hydroxylation is 1. The first kappa shape index (κ1) is 28.9. The van der Waals surface area contributed by atoms with Crippen LogP contribution in [0.15, 0.2) is 60.7 Å². The summed E-state index contributed by atoms with van der Waals surface area (Å²) in [6, 6.07) is 7.70. The summed E-state index contributed by atoms with van der Waals surface area (Å²) in [7, 11) is 0. The zero-order valence-corrected chi connectivity index (χ0v) is 19.4. The summed E-state index contributed by atoms with van der Waals surface area (Å²) in [4.78, 5) is 0. The lowest BCUT2D eigenvalue weighted by Gasteiger charge is -2.21. The number of benzene rings is 3. The third-order valence-electron chi connectivity index (χ3n) is 5.17. The van der Waals surface area contributed by atoms with Crippen LogP contribution < -0.4 is 9.47 Å². The van der Waals surface area contributed by atoms with Gasteiger partial charge in [-0.25, -0.2) is 17.6 Å². The van der Waals surface area contributed by atoms with Gasteiger partial charge in [0.15, 0.2) is 17.4 Å². The third-order valence-corrected chi connectivity index (χ3v) is 5.17. The SMILES string of the molecule is CCCCc1ccc(-c2cc(F)c(C(F)(F)Oc3cc(F)c(OC(F)(F)C=C(F)F)c(F)c3)c(F)c2)cc1. The van der Waals surface area contributed by atoms with Gasteiger partial charge in [-0.15, -0.1) is 0 Å². The van der Waals surface area contributed by atoms with Gasteiger partial charge in [-0.05, 0) is 41.7 Å². The van der Waals surface area contributed by atoms with E-state index in [-0.39, 0.29) is 17.7 Å². The minimum Gasteiger partial charge on any atom is -0.429 e. The van der Waals surface area contributed by atoms with Gasteiger partial charge in [0.1, 0.15) is 22.9 Å². The predicted molar refractivity (Wildman–Crippen MR) is 117 cm³/mol. The van der Waals surface area contributed by atoms with Gasteiger partial charge < -0.3 is 9.47 Å². The summed E-state index contributed by atoms with van der Waals surface area (Å²) in [5, 5.41) is 0. The van der Waals surface area contributed by atoms with Gasteiger partial charge in [0, 0.05) is 12.1 Å². The Kier molecular flexibility index (Phi) is 8.63. The van der Waals surface area contributed by atoms with Gasteiger partial charge >= 0.3 is 12.2 Å². The highest BCUT2D eigenvalue weighted by molar-refractivity contribution is 5.64. The quantitative estimate of drug-likeness (QED) is 0.234. The molecule has 0 heterocycles. The first-order valence-electron chi connectivity index (χ1n) is 11.0. The molecule has 0 N–H and O–H groups in total. The fourth-order valence-corrected chi connectivity index (χ4v) is 3.45. The minimum absolute atomic E-state index is 0.0534. The average molecular weight is 552 g/mol. The molecule has 0 aliphatic rings. The molecule has 2 nitrogen and oxygen atoms in total. The maximum Gasteiger partial charge on any atom is 0.432 e. The Labute approximate surface area is 210 Å². The van der Waals surface area contributed by atoms with E-state index in [9.17, 15) is 43.9 Å². The van der Waals surface area contributed by atoms with Crippen LogP contribution in [0, 0.1) is 23.3 Å². The van der Waals surface area contributed by atoms with Crippen LogP contribution in [-0.4, -0.2) is 6.11 Å². The van der Waals surface area contributed by atoms with E-state index in [2.05, 4.69) is 9.47 Å². The Hall–Kier alpha value is -3.70. The van der Waals surface area contributed by atoms with Crippen molar-refractivity contribution in [3.63, 3.8) is 0 Å². The van der Waals surface area contributed by atoms with E-state index < -0.39 is 64.7 Å². The lowest BCUT2D eigenvalue weighted by Crippen LogP contribution is -2.26. The standard InChI is InChI=1S/C26H18F10O2/c1-2-3-4-14-5-7-15(8-6-14)16-9-18(27)23(19(28)10-16)26(35,36)37-17-11-20(29)24(21(30)12-17)38-25(33,34)13-22(31)32/h5-13H,2-4H2,1H3. The van der Waals surface area contributed by atoms with Crippen LogP contribution in [-0.2, 0) is 12.5 Å². The molecule has 0 aliphatic carbocycles. The highest BCUT2D eigenvalue weighted by Gasteiger charge is 2.42. The summed E-state index contributed by atoms with van der Waals surface area (Å²) in [6.45, 7) is 2.01. The first-order valence-corrected chi connectivity index (χ1v) is 11.0. The second kappa shape index (κ2) is 11.4. The van der Waals surface area contributed by atoms with Crippen LogP contribution in [0.1, 0.15) is 30.9 Å². The van der Waals surface area contributed by atoms with E-state index in [4.69, 9.17) is 0 Å². The summed E-state index contributed by atoms with van der Waals surface area (Å²) >= 11 is 0. The van der Waals surface area contributed by atoms with E-state index in [0.29, 0.717) is 17.7 Å². The average Bonchev–Trinajstić information content (AvgIpc) is 2.78. The molecule has 0 bridgehead atoms. The zero-order chi connectivity index (χ0) is 28.3. The van der Waals surface area contributed by atoms with Crippen LogP contribution in [0.25, 0.3) is 11.1 Å². The van der Waals surface area contributed by atoms with E-state index in [1.165, 1.54) is 0 Å². The minimum atomic E-state index is -4.85. The van der Waals surface area contributed by atoms with E-state index >= 15 is 0 Å². The molecule has 204 valence electrons. The lowest BCUT2D eigenvalue weighted by atomic mass is 10.00. The molecule has 12 heteroatoms. The molecule has 38 heavy (non-hydrogen) atoms. The van der Waals surface area contributed by atoms with Crippen molar-refractivity contribution >= 4 is 0 Å². The highest BCUT2D eigenvalue weighted by Crippen LogP contribution is 2.39. The van der Waals surface area contributed by atoms with Crippen molar-refractivity contribution in [1.29, 1.82) is 0 Å². The number of unbranched alkanes of at least 4 members (excludes halogenated alkanes) is 1. The summed E-state index contributed by atoms with van der Waals surface area (Å²) < 4.78 is 145. The predicted octanol–water partition coefficient (Wildman–Crippen LogP) is 9.13. The second-order valence-corrected chi connectivity index (χ2v) is 8.05. The topological polar surface area (TPSA) is 18.5 Å². The van der Waals surface area contributed by atoms with Crippen molar-refractivity contribution in [3.8, 4) is 22.6 Å². The van der Waals surface area contributed by atoms with Crippen LogP contribution >= 0.6 is 0 Å². The molecule has 0 fully saturated rings. The summed E-state index contributed by atoms with van der Waals surface area (Å²) in [6.07, 6.45) is -11.0. The summed E-state index contributed by atoms with van der Waals surface area (Å²) in [5.41, 5.74) is -0.645. The Balaban J connectivity index is 1.87. The molecule has 3 aromatic rings. The molecular weight excluding hydrogens is 534 g/mol. The molecule has 0 unspecified atom stereocenters. The van der Waals surface area contributed by atoms with E-state index in [1.807, 2.05) is 6.92 Å². The van der Waals surface area contributed by atoms with Crippen molar-refractivity contribution in [1.82, 2.24) is 0 Å². The van der Waals surface area contributed by atoms with E-state index in [1.54, 1.807) is 24.3 Å². The van der Waals surface area contributed by atoms with Gasteiger partial charge in [-0.1, -0.05) is 37.6 Å². The third kappa shape index (κ3) is 6.99. The second-order valence-electron chi connectivity index (χ2n) is 8.05. The zero-order valence-electron chi connectivity index (χ0n) is 19.4. The molecule has 0 aliphatic heterocycles. The molecular formula is C26H18F10O2. The number of alkyl halides is 4. The molecule has 0 amide bonds. The summed E-state index contributed by atoms with van der Waals surface area (Å²) in [5.74, 6) is -10.8. The van der Waals surface area contributed by atoms with Crippen molar-refractivity contribution in [2.75, 3.05) is 0 Å². The maximum absolute atomic E-state index is 14.7. The highest BCUT2D eigenvalue weighted by atomic mass is 19.3. The monoisotopic (exact) mass is 552 g/mol.